The maximum Gasteiger partial charge on any atom is 0.309 e. The van der Waals surface area contributed by atoms with Gasteiger partial charge in [-0.25, -0.2) is 13.9 Å². The Morgan fingerprint density at radius 3 is 2.70 bits per heavy atom. The van der Waals surface area contributed by atoms with Gasteiger partial charge in [-0.1, -0.05) is 30.3 Å². The minimum absolute atomic E-state index is 0.0178. The maximum atomic E-state index is 15.3. The molecule has 204 valence electrons. The maximum absolute atomic E-state index is 15.3. The molecule has 2 aromatic carbocycles. The van der Waals surface area contributed by atoms with E-state index in [1.54, 1.807) is 23.6 Å². The van der Waals surface area contributed by atoms with E-state index in [2.05, 4.69) is 29.1 Å². The highest BCUT2D eigenvalue weighted by Crippen LogP contribution is 2.48. The largest absolute Gasteiger partial charge is 0.466 e. The van der Waals surface area contributed by atoms with E-state index in [0.717, 1.165) is 30.5 Å². The fourth-order valence-corrected chi connectivity index (χ4v) is 6.15. The molecule has 3 aliphatic rings. The van der Waals surface area contributed by atoms with Gasteiger partial charge in [-0.2, -0.15) is 0 Å². The van der Waals surface area contributed by atoms with Crippen LogP contribution in [0, 0.1) is 11.7 Å². The van der Waals surface area contributed by atoms with Gasteiger partial charge in [0, 0.05) is 23.7 Å². The van der Waals surface area contributed by atoms with Crippen molar-refractivity contribution in [2.45, 2.75) is 57.4 Å². The van der Waals surface area contributed by atoms with Gasteiger partial charge < -0.3 is 9.64 Å². The van der Waals surface area contributed by atoms with Crippen molar-refractivity contribution in [3.63, 3.8) is 0 Å². The Morgan fingerprint density at radius 1 is 1.10 bits per heavy atom. The molecule has 2 saturated carbocycles. The average Bonchev–Trinajstić information content (AvgIpc) is 3.89. The van der Waals surface area contributed by atoms with E-state index in [-0.39, 0.29) is 35.6 Å². The molecule has 1 unspecified atom stereocenters. The van der Waals surface area contributed by atoms with E-state index < -0.39 is 5.82 Å². The van der Waals surface area contributed by atoms with Gasteiger partial charge in [0.2, 0.25) is 0 Å². The van der Waals surface area contributed by atoms with Gasteiger partial charge in [0.05, 0.1) is 24.1 Å². The molecule has 2 aliphatic carbocycles. The lowest BCUT2D eigenvalue weighted by molar-refractivity contribution is -0.144. The Kier molecular flexibility index (Phi) is 5.95. The second-order valence-corrected chi connectivity index (χ2v) is 11.2. The van der Waals surface area contributed by atoms with Crippen LogP contribution >= 0.6 is 0 Å². The fourth-order valence-electron chi connectivity index (χ4n) is 6.15. The van der Waals surface area contributed by atoms with Gasteiger partial charge in [0.25, 0.3) is 5.91 Å². The molecule has 0 bridgehead atoms. The molecule has 4 aromatic rings. The van der Waals surface area contributed by atoms with Crippen molar-refractivity contribution >= 4 is 17.5 Å². The van der Waals surface area contributed by atoms with Crippen LogP contribution in [0.1, 0.15) is 83.7 Å². The van der Waals surface area contributed by atoms with E-state index in [1.807, 2.05) is 29.2 Å². The van der Waals surface area contributed by atoms with Gasteiger partial charge in [-0.05, 0) is 86.4 Å². The molecule has 0 radical (unpaired) electrons. The summed E-state index contributed by atoms with van der Waals surface area (Å²) in [5.74, 6) is -0.289. The summed E-state index contributed by atoms with van der Waals surface area (Å²) in [7, 11) is 0. The number of nitrogens with zero attached hydrogens (tertiary/aromatic N) is 4. The number of amides is 1. The lowest BCUT2D eigenvalue weighted by atomic mass is 9.93. The van der Waals surface area contributed by atoms with Crippen molar-refractivity contribution in [3.8, 4) is 11.4 Å². The number of rotatable bonds is 6. The number of carbonyl (C=O) groups is 2. The number of benzene rings is 2. The third-order valence-corrected chi connectivity index (χ3v) is 8.60. The standard InChI is InChI=1S/C32H31FN4O3/c1-3-40-32(39)26-17-25(26)21-10-11-24(27(33)14-21)30-34-29-16-22(15-28(20-8-9-20)37(29)35-30)31(38)36-13-12-19-6-4-5-7-23(19)18(36)2/h4-7,10-11,14-16,18,20,25-26H,3,8-9,12-13,17H2,1-2H3/t18-,25?,26-/m1/s1. The van der Waals surface area contributed by atoms with Crippen molar-refractivity contribution in [1.82, 2.24) is 19.5 Å². The minimum Gasteiger partial charge on any atom is -0.466 e. The van der Waals surface area contributed by atoms with Crippen LogP contribution < -0.4 is 0 Å². The summed E-state index contributed by atoms with van der Waals surface area (Å²) in [5, 5.41) is 4.69. The quantitative estimate of drug-likeness (QED) is 0.288. The summed E-state index contributed by atoms with van der Waals surface area (Å²) >= 11 is 0. The van der Waals surface area contributed by atoms with Gasteiger partial charge in [0.15, 0.2) is 11.5 Å². The zero-order chi connectivity index (χ0) is 27.5. The van der Waals surface area contributed by atoms with Crippen LogP contribution in [0.25, 0.3) is 17.0 Å². The molecule has 40 heavy (non-hydrogen) atoms. The number of hydrogen-bond donors (Lipinski definition) is 0. The van der Waals surface area contributed by atoms with Crippen LogP contribution in [0.2, 0.25) is 0 Å². The lowest BCUT2D eigenvalue weighted by Crippen LogP contribution is -2.38. The monoisotopic (exact) mass is 538 g/mol. The first-order valence-corrected chi connectivity index (χ1v) is 14.2. The molecule has 2 aromatic heterocycles. The Bertz CT molecular complexity index is 1660. The van der Waals surface area contributed by atoms with E-state index in [1.165, 1.54) is 17.2 Å². The number of hydrogen-bond acceptors (Lipinski definition) is 5. The normalized spacial score (nSPS) is 21.8. The van der Waals surface area contributed by atoms with Gasteiger partial charge in [-0.3, -0.25) is 9.59 Å². The minimum atomic E-state index is -0.423. The number of ether oxygens (including phenoxy) is 1. The topological polar surface area (TPSA) is 76.8 Å². The molecule has 0 spiro atoms. The molecule has 1 amide bonds. The molecule has 0 saturated heterocycles. The number of fused-ring (bicyclic) bond motifs is 2. The van der Waals surface area contributed by atoms with Gasteiger partial charge >= 0.3 is 5.97 Å². The number of pyridine rings is 1. The second-order valence-electron chi connectivity index (χ2n) is 11.2. The molecular weight excluding hydrogens is 507 g/mol. The highest BCUT2D eigenvalue weighted by Gasteiger charge is 2.45. The number of halogens is 1. The van der Waals surface area contributed by atoms with E-state index >= 15 is 4.39 Å². The van der Waals surface area contributed by atoms with E-state index in [9.17, 15) is 9.59 Å². The van der Waals surface area contributed by atoms with Crippen LogP contribution in [-0.2, 0) is 16.0 Å². The fraction of sp³-hybridized carbons (Fsp3) is 0.375. The lowest BCUT2D eigenvalue weighted by Gasteiger charge is -2.35. The van der Waals surface area contributed by atoms with Gasteiger partial charge in [-0.15, -0.1) is 5.10 Å². The van der Waals surface area contributed by atoms with Crippen molar-refractivity contribution in [2.75, 3.05) is 13.2 Å². The third kappa shape index (κ3) is 4.26. The SMILES string of the molecule is CCOC(=O)[C@@H]1CC1c1ccc(-c2nc3cc(C(=O)N4CCc5ccccc5[C@H]4C)cc(C4CC4)n3n2)c(F)c1. The van der Waals surface area contributed by atoms with Crippen molar-refractivity contribution < 1.29 is 18.7 Å². The van der Waals surface area contributed by atoms with Crippen molar-refractivity contribution in [3.05, 3.63) is 88.4 Å². The van der Waals surface area contributed by atoms with Crippen LogP contribution in [-0.4, -0.2) is 44.5 Å². The Balaban J connectivity index is 1.20. The summed E-state index contributed by atoms with van der Waals surface area (Å²) < 4.78 is 22.2. The average molecular weight is 539 g/mol. The second kappa shape index (κ2) is 9.54. The predicted octanol–water partition coefficient (Wildman–Crippen LogP) is 5.84. The van der Waals surface area contributed by atoms with E-state index in [4.69, 9.17) is 4.74 Å². The summed E-state index contributed by atoms with van der Waals surface area (Å²) in [6.45, 7) is 4.87. The Morgan fingerprint density at radius 2 is 1.93 bits per heavy atom. The zero-order valence-electron chi connectivity index (χ0n) is 22.6. The first-order valence-electron chi connectivity index (χ1n) is 14.2. The number of carbonyl (C=O) groups excluding carboxylic acids is 2. The summed E-state index contributed by atoms with van der Waals surface area (Å²) in [5.41, 5.74) is 5.64. The molecule has 7 rings (SSSR count). The molecule has 1 aliphatic heterocycles. The van der Waals surface area contributed by atoms with Crippen LogP contribution in [0.3, 0.4) is 0 Å². The molecule has 3 atom stereocenters. The summed E-state index contributed by atoms with van der Waals surface area (Å²) in [4.78, 5) is 32.4. The van der Waals surface area contributed by atoms with Crippen LogP contribution in [0.15, 0.2) is 54.6 Å². The first kappa shape index (κ1) is 24.9. The number of aromatic nitrogens is 3. The zero-order valence-corrected chi connectivity index (χ0v) is 22.6. The molecule has 2 fully saturated rings. The van der Waals surface area contributed by atoms with Crippen molar-refractivity contribution in [1.29, 1.82) is 0 Å². The molecule has 3 heterocycles. The molecule has 7 nitrogen and oxygen atoms in total. The van der Waals surface area contributed by atoms with Crippen molar-refractivity contribution in [2.24, 2.45) is 5.92 Å². The third-order valence-electron chi connectivity index (χ3n) is 8.60. The Hall–Kier alpha value is -4.07. The number of esters is 1. The van der Waals surface area contributed by atoms with E-state index in [0.29, 0.717) is 42.3 Å². The first-order chi connectivity index (χ1) is 19.4. The predicted molar refractivity (Wildman–Crippen MR) is 147 cm³/mol. The summed E-state index contributed by atoms with van der Waals surface area (Å²) in [6, 6.07) is 17.0. The molecule has 8 heteroatoms. The molecule has 0 N–H and O–H groups in total. The highest BCUT2D eigenvalue weighted by molar-refractivity contribution is 5.96. The van der Waals surface area contributed by atoms with Crippen LogP contribution in [0.5, 0.6) is 0 Å². The van der Waals surface area contributed by atoms with Crippen LogP contribution in [0.4, 0.5) is 4.39 Å². The smallest absolute Gasteiger partial charge is 0.309 e. The summed E-state index contributed by atoms with van der Waals surface area (Å²) in [6.07, 6.45) is 3.56. The van der Waals surface area contributed by atoms with Gasteiger partial charge in [0.1, 0.15) is 5.82 Å². The highest BCUT2D eigenvalue weighted by atomic mass is 19.1. The molecular formula is C32H31FN4O3. The Labute approximate surface area is 232 Å².